The van der Waals surface area contributed by atoms with Gasteiger partial charge in [-0.1, -0.05) is 12.1 Å². The fourth-order valence-electron chi connectivity index (χ4n) is 3.99. The lowest BCUT2D eigenvalue weighted by Crippen LogP contribution is -2.41. The lowest BCUT2D eigenvalue weighted by molar-refractivity contribution is 0.0996. The van der Waals surface area contributed by atoms with E-state index in [0.717, 1.165) is 24.8 Å². The van der Waals surface area contributed by atoms with Gasteiger partial charge in [-0.2, -0.15) is 0 Å². The number of amides is 4. The fourth-order valence-corrected chi connectivity index (χ4v) is 4.81. The molecule has 33 heavy (non-hydrogen) atoms. The van der Waals surface area contributed by atoms with Crippen molar-refractivity contribution in [3.8, 4) is 0 Å². The van der Waals surface area contributed by atoms with Crippen LogP contribution in [0.5, 0.6) is 0 Å². The quantitative estimate of drug-likeness (QED) is 0.578. The highest BCUT2D eigenvalue weighted by Crippen LogP contribution is 2.33. The zero-order valence-corrected chi connectivity index (χ0v) is 18.7. The third kappa shape index (κ3) is 5.01. The molecule has 1 aliphatic rings. The van der Waals surface area contributed by atoms with Crippen LogP contribution in [0.1, 0.15) is 39.3 Å². The van der Waals surface area contributed by atoms with Crippen LogP contribution in [0.4, 0.5) is 15.5 Å². The van der Waals surface area contributed by atoms with Gasteiger partial charge in [0, 0.05) is 31.0 Å². The van der Waals surface area contributed by atoms with E-state index in [1.54, 1.807) is 41.6 Å². The summed E-state index contributed by atoms with van der Waals surface area (Å²) in [5.74, 6) is -0.532. The number of carbonyl (C=O) groups excluding carboxylic acids is 3. The average Bonchev–Trinajstić information content (AvgIpc) is 3.30. The summed E-state index contributed by atoms with van der Waals surface area (Å²) in [4.78, 5) is 47.8. The first-order valence-corrected chi connectivity index (χ1v) is 11.4. The van der Waals surface area contributed by atoms with Gasteiger partial charge in [-0.05, 0) is 55.0 Å². The minimum absolute atomic E-state index is 0.0454. The third-order valence-corrected chi connectivity index (χ3v) is 6.57. The maximum absolute atomic E-state index is 13.5. The van der Waals surface area contributed by atoms with Crippen LogP contribution in [-0.4, -0.2) is 45.8 Å². The molecule has 0 radical (unpaired) electrons. The first-order valence-electron chi connectivity index (χ1n) is 10.5. The van der Waals surface area contributed by atoms with Crippen molar-refractivity contribution in [3.05, 3.63) is 71.1 Å². The number of anilines is 2. The molecule has 1 saturated heterocycles. The molecule has 1 aromatic carbocycles. The molecular formula is C23H24N6O3S. The van der Waals surface area contributed by atoms with E-state index in [0.29, 0.717) is 35.3 Å². The van der Waals surface area contributed by atoms with Gasteiger partial charge in [-0.25, -0.2) is 9.78 Å². The van der Waals surface area contributed by atoms with Crippen molar-refractivity contribution >= 4 is 39.9 Å². The van der Waals surface area contributed by atoms with Crippen LogP contribution in [0.2, 0.25) is 0 Å². The van der Waals surface area contributed by atoms with Crippen molar-refractivity contribution in [2.24, 2.45) is 17.4 Å². The van der Waals surface area contributed by atoms with Gasteiger partial charge in [0.1, 0.15) is 5.00 Å². The molecule has 3 heterocycles. The monoisotopic (exact) mass is 464 g/mol. The van der Waals surface area contributed by atoms with E-state index in [2.05, 4.69) is 9.97 Å². The number of nitrogens with zero attached hydrogens (tertiary/aromatic N) is 4. The lowest BCUT2D eigenvalue weighted by Gasteiger charge is -2.30. The third-order valence-electron chi connectivity index (χ3n) is 5.76. The molecule has 170 valence electrons. The maximum Gasteiger partial charge on any atom is 0.314 e. The predicted molar refractivity (Wildman–Crippen MR) is 125 cm³/mol. The first-order chi connectivity index (χ1) is 15.9. The van der Waals surface area contributed by atoms with Crippen molar-refractivity contribution in [2.45, 2.75) is 19.3 Å². The number of hydrogen-bond acceptors (Lipinski definition) is 6. The second kappa shape index (κ2) is 9.78. The van der Waals surface area contributed by atoms with Crippen molar-refractivity contribution < 1.29 is 14.4 Å². The van der Waals surface area contributed by atoms with Crippen LogP contribution >= 0.6 is 11.3 Å². The molecular weight excluding hydrogens is 440 g/mol. The Morgan fingerprint density at radius 2 is 1.70 bits per heavy atom. The number of nitrogens with two attached hydrogens (primary N) is 2. The van der Waals surface area contributed by atoms with E-state index in [1.807, 2.05) is 12.1 Å². The Balaban J connectivity index is 1.53. The van der Waals surface area contributed by atoms with Gasteiger partial charge in [0.2, 0.25) is 0 Å². The molecule has 1 fully saturated rings. The standard InChI is InChI=1S/C23H24N6O3S/c24-20(30)19-22(33-14-27-19)29(18-5-9-26-10-6-18)21(31)17-3-1-15(2-4-17)13-16-7-11-28(12-8-16)23(25)32/h1-6,9-10,14,16H,7-8,11-13H2,(H2,24,30)(H2,25,32). The summed E-state index contributed by atoms with van der Waals surface area (Å²) in [5, 5.41) is 0.365. The van der Waals surface area contributed by atoms with Gasteiger partial charge in [0.05, 0.1) is 11.2 Å². The summed E-state index contributed by atoms with van der Waals surface area (Å²) < 4.78 is 0. The summed E-state index contributed by atoms with van der Waals surface area (Å²) in [6.07, 6.45) is 5.83. The number of urea groups is 1. The Labute approximate surface area is 195 Å². The Bertz CT molecular complexity index is 1140. The SMILES string of the molecule is NC(=O)c1ncsc1N(C(=O)c1ccc(CC2CCN(C(N)=O)CC2)cc1)c1ccncc1. The van der Waals surface area contributed by atoms with E-state index in [1.165, 1.54) is 21.7 Å². The van der Waals surface area contributed by atoms with Crippen LogP contribution in [0.15, 0.2) is 54.3 Å². The number of benzene rings is 1. The summed E-state index contributed by atoms with van der Waals surface area (Å²) in [7, 11) is 0. The molecule has 9 nitrogen and oxygen atoms in total. The number of carbonyl (C=O) groups is 3. The molecule has 10 heteroatoms. The minimum Gasteiger partial charge on any atom is -0.364 e. The van der Waals surface area contributed by atoms with E-state index >= 15 is 0 Å². The number of rotatable bonds is 6. The van der Waals surface area contributed by atoms with Crippen molar-refractivity contribution in [1.29, 1.82) is 0 Å². The zero-order chi connectivity index (χ0) is 23.4. The molecule has 4 N–H and O–H groups in total. The Morgan fingerprint density at radius 3 is 2.30 bits per heavy atom. The first kappa shape index (κ1) is 22.4. The summed E-state index contributed by atoms with van der Waals surface area (Å²) in [6, 6.07) is 10.5. The van der Waals surface area contributed by atoms with Gasteiger partial charge in [0.25, 0.3) is 11.8 Å². The largest absolute Gasteiger partial charge is 0.364 e. The highest BCUT2D eigenvalue weighted by Gasteiger charge is 2.27. The molecule has 0 atom stereocenters. The van der Waals surface area contributed by atoms with Gasteiger partial charge >= 0.3 is 6.03 Å². The lowest BCUT2D eigenvalue weighted by atomic mass is 9.90. The molecule has 4 rings (SSSR count). The molecule has 3 aromatic rings. The highest BCUT2D eigenvalue weighted by molar-refractivity contribution is 7.14. The van der Waals surface area contributed by atoms with Gasteiger partial charge in [-0.15, -0.1) is 11.3 Å². The smallest absolute Gasteiger partial charge is 0.314 e. The Kier molecular flexibility index (Phi) is 6.64. The van der Waals surface area contributed by atoms with Crippen LogP contribution < -0.4 is 16.4 Å². The van der Waals surface area contributed by atoms with Gasteiger partial charge < -0.3 is 16.4 Å². The molecule has 0 unspecified atom stereocenters. The molecule has 0 spiro atoms. The Hall–Kier alpha value is -3.79. The second-order valence-electron chi connectivity index (χ2n) is 7.89. The second-order valence-corrected chi connectivity index (χ2v) is 8.72. The maximum atomic E-state index is 13.5. The van der Waals surface area contributed by atoms with Gasteiger partial charge in [0.15, 0.2) is 5.69 Å². The van der Waals surface area contributed by atoms with Crippen LogP contribution in [0.3, 0.4) is 0 Å². The fraction of sp³-hybridized carbons (Fsp3) is 0.261. The number of piperidine rings is 1. The zero-order valence-electron chi connectivity index (χ0n) is 17.9. The number of aromatic nitrogens is 2. The minimum atomic E-state index is -0.698. The van der Waals surface area contributed by atoms with E-state index in [-0.39, 0.29) is 17.6 Å². The van der Waals surface area contributed by atoms with Crippen molar-refractivity contribution in [3.63, 3.8) is 0 Å². The van der Waals surface area contributed by atoms with E-state index < -0.39 is 5.91 Å². The number of hydrogen-bond donors (Lipinski definition) is 2. The summed E-state index contributed by atoms with van der Waals surface area (Å²) in [5.41, 5.74) is 14.5. The molecule has 0 bridgehead atoms. The number of thiazole rings is 1. The van der Waals surface area contributed by atoms with Crippen LogP contribution in [-0.2, 0) is 6.42 Å². The molecule has 1 aliphatic heterocycles. The van der Waals surface area contributed by atoms with Gasteiger partial charge in [-0.3, -0.25) is 19.5 Å². The van der Waals surface area contributed by atoms with E-state index in [9.17, 15) is 14.4 Å². The van der Waals surface area contributed by atoms with Crippen molar-refractivity contribution in [1.82, 2.24) is 14.9 Å². The number of pyridine rings is 1. The van der Waals surface area contributed by atoms with E-state index in [4.69, 9.17) is 11.5 Å². The average molecular weight is 465 g/mol. The van der Waals surface area contributed by atoms with Crippen molar-refractivity contribution in [2.75, 3.05) is 18.0 Å². The molecule has 0 aliphatic carbocycles. The molecule has 2 aromatic heterocycles. The highest BCUT2D eigenvalue weighted by atomic mass is 32.1. The predicted octanol–water partition coefficient (Wildman–Crippen LogP) is 2.95. The summed E-state index contributed by atoms with van der Waals surface area (Å²) in [6.45, 7) is 1.35. The summed E-state index contributed by atoms with van der Waals surface area (Å²) >= 11 is 1.17. The molecule has 0 saturated carbocycles. The number of likely N-dealkylation sites (tertiary alicyclic amines) is 1. The topological polar surface area (TPSA) is 136 Å². The number of primary amides is 2. The molecule has 4 amide bonds. The Morgan fingerprint density at radius 1 is 1.03 bits per heavy atom. The van der Waals surface area contributed by atoms with Crippen LogP contribution in [0, 0.1) is 5.92 Å². The normalized spacial score (nSPS) is 14.1. The van der Waals surface area contributed by atoms with Crippen LogP contribution in [0.25, 0.3) is 0 Å².